The van der Waals surface area contributed by atoms with Crippen LogP contribution in [0.1, 0.15) is 27.6 Å². The van der Waals surface area contributed by atoms with Gasteiger partial charge in [-0.15, -0.1) is 0 Å². The van der Waals surface area contributed by atoms with Crippen LogP contribution in [-0.2, 0) is 0 Å². The number of halogens is 1. The van der Waals surface area contributed by atoms with E-state index in [4.69, 9.17) is 9.47 Å². The van der Waals surface area contributed by atoms with Crippen molar-refractivity contribution in [2.45, 2.75) is 6.92 Å². The van der Waals surface area contributed by atoms with Crippen molar-refractivity contribution in [3.63, 3.8) is 0 Å². The maximum Gasteiger partial charge on any atom is 0.343 e. The standard InChI is InChI=1S/C16H12BrNO6/c1-2-23-14-8-10(9-19)7-13(17)15(14)24-16(20)11-3-5-12(6-4-11)18(21)22/h3-9H,2H2,1H3. The number of nitrogens with zero attached hydrogens (tertiary/aromatic N) is 1. The average Bonchev–Trinajstić information content (AvgIpc) is 2.57. The SMILES string of the molecule is CCOc1cc(C=O)cc(Br)c1OC(=O)c1ccc([N+](=O)[O-])cc1. The summed E-state index contributed by atoms with van der Waals surface area (Å²) in [6, 6.07) is 7.98. The van der Waals surface area contributed by atoms with Gasteiger partial charge in [-0.25, -0.2) is 4.79 Å². The number of hydrogen-bond acceptors (Lipinski definition) is 6. The van der Waals surface area contributed by atoms with Gasteiger partial charge in [0.05, 0.1) is 21.6 Å². The van der Waals surface area contributed by atoms with E-state index in [0.717, 1.165) is 0 Å². The third kappa shape index (κ3) is 3.96. The van der Waals surface area contributed by atoms with Crippen LogP contribution in [0.5, 0.6) is 11.5 Å². The molecule has 0 atom stereocenters. The highest BCUT2D eigenvalue weighted by Gasteiger charge is 2.18. The van der Waals surface area contributed by atoms with E-state index in [-0.39, 0.29) is 22.7 Å². The van der Waals surface area contributed by atoms with Crippen LogP contribution in [0.4, 0.5) is 5.69 Å². The number of ether oxygens (including phenoxy) is 2. The molecule has 0 fully saturated rings. The number of rotatable bonds is 6. The molecular formula is C16H12BrNO6. The van der Waals surface area contributed by atoms with E-state index in [2.05, 4.69) is 15.9 Å². The first kappa shape index (κ1) is 17.6. The zero-order chi connectivity index (χ0) is 17.7. The maximum atomic E-state index is 12.2. The van der Waals surface area contributed by atoms with Crippen LogP contribution in [0, 0.1) is 10.1 Å². The summed E-state index contributed by atoms with van der Waals surface area (Å²) in [6.07, 6.45) is 0.648. The lowest BCUT2D eigenvalue weighted by molar-refractivity contribution is -0.384. The molecule has 2 aromatic rings. The number of non-ortho nitro benzene ring substituents is 1. The van der Waals surface area contributed by atoms with Gasteiger partial charge >= 0.3 is 5.97 Å². The normalized spacial score (nSPS) is 10.1. The highest BCUT2D eigenvalue weighted by molar-refractivity contribution is 9.10. The maximum absolute atomic E-state index is 12.2. The van der Waals surface area contributed by atoms with Gasteiger partial charge < -0.3 is 9.47 Å². The second-order valence-electron chi connectivity index (χ2n) is 4.57. The van der Waals surface area contributed by atoms with Crippen molar-refractivity contribution in [2.75, 3.05) is 6.61 Å². The van der Waals surface area contributed by atoms with E-state index >= 15 is 0 Å². The molecule has 0 heterocycles. The lowest BCUT2D eigenvalue weighted by Crippen LogP contribution is -2.10. The van der Waals surface area contributed by atoms with E-state index in [1.165, 1.54) is 36.4 Å². The van der Waals surface area contributed by atoms with Crippen LogP contribution in [0.15, 0.2) is 40.9 Å². The Morgan fingerprint density at radius 1 is 1.29 bits per heavy atom. The molecule has 124 valence electrons. The molecule has 0 unspecified atom stereocenters. The van der Waals surface area contributed by atoms with Crippen LogP contribution in [-0.4, -0.2) is 23.8 Å². The van der Waals surface area contributed by atoms with Crippen LogP contribution < -0.4 is 9.47 Å². The molecule has 0 N–H and O–H groups in total. The van der Waals surface area contributed by atoms with E-state index in [0.29, 0.717) is 22.9 Å². The van der Waals surface area contributed by atoms with Gasteiger partial charge in [-0.05, 0) is 47.1 Å². The Hall–Kier alpha value is -2.74. The van der Waals surface area contributed by atoms with Gasteiger partial charge in [-0.1, -0.05) is 0 Å². The molecule has 0 aliphatic carbocycles. The average molecular weight is 394 g/mol. The number of carbonyl (C=O) groups is 2. The minimum Gasteiger partial charge on any atom is -0.490 e. The van der Waals surface area contributed by atoms with Gasteiger partial charge in [-0.2, -0.15) is 0 Å². The summed E-state index contributed by atoms with van der Waals surface area (Å²) in [5.41, 5.74) is 0.382. The smallest absolute Gasteiger partial charge is 0.343 e. The molecule has 8 heteroatoms. The van der Waals surface area contributed by atoms with Crippen molar-refractivity contribution in [1.82, 2.24) is 0 Å². The molecule has 0 aliphatic rings. The van der Waals surface area contributed by atoms with Gasteiger partial charge in [0.1, 0.15) is 6.29 Å². The molecule has 24 heavy (non-hydrogen) atoms. The van der Waals surface area contributed by atoms with Crippen LogP contribution in [0.2, 0.25) is 0 Å². The lowest BCUT2D eigenvalue weighted by Gasteiger charge is -2.13. The predicted molar refractivity (Wildman–Crippen MR) is 88.8 cm³/mol. The summed E-state index contributed by atoms with van der Waals surface area (Å²) >= 11 is 3.24. The number of hydrogen-bond donors (Lipinski definition) is 0. The number of nitro groups is 1. The van der Waals surface area contributed by atoms with Crippen molar-refractivity contribution in [3.05, 3.63) is 62.1 Å². The van der Waals surface area contributed by atoms with Crippen molar-refractivity contribution in [1.29, 1.82) is 0 Å². The molecule has 0 aliphatic heterocycles. The van der Waals surface area contributed by atoms with Gasteiger partial charge in [-0.3, -0.25) is 14.9 Å². The number of aldehydes is 1. The summed E-state index contributed by atoms with van der Waals surface area (Å²) in [7, 11) is 0. The Balaban J connectivity index is 2.30. The molecule has 2 aromatic carbocycles. The molecule has 0 spiro atoms. The Morgan fingerprint density at radius 3 is 2.50 bits per heavy atom. The first-order chi connectivity index (χ1) is 11.5. The topological polar surface area (TPSA) is 95.7 Å². The second kappa shape index (κ2) is 7.69. The van der Waals surface area contributed by atoms with E-state index in [9.17, 15) is 19.7 Å². The number of carbonyl (C=O) groups excluding carboxylic acids is 2. The van der Waals surface area contributed by atoms with Crippen LogP contribution in [0.3, 0.4) is 0 Å². The van der Waals surface area contributed by atoms with Gasteiger partial charge in [0.25, 0.3) is 5.69 Å². The van der Waals surface area contributed by atoms with Crippen molar-refractivity contribution >= 4 is 33.9 Å². The summed E-state index contributed by atoms with van der Waals surface area (Å²) < 4.78 is 11.1. The van der Waals surface area contributed by atoms with Gasteiger partial charge in [0, 0.05) is 17.7 Å². The van der Waals surface area contributed by atoms with Gasteiger partial charge in [0.2, 0.25) is 0 Å². The predicted octanol–water partition coefficient (Wildman–Crippen LogP) is 3.79. The third-order valence-electron chi connectivity index (χ3n) is 2.98. The van der Waals surface area contributed by atoms with Gasteiger partial charge in [0.15, 0.2) is 11.5 Å². The Morgan fingerprint density at radius 2 is 1.96 bits per heavy atom. The number of esters is 1. The highest BCUT2D eigenvalue weighted by Crippen LogP contribution is 2.37. The first-order valence-electron chi connectivity index (χ1n) is 6.84. The second-order valence-corrected chi connectivity index (χ2v) is 5.43. The highest BCUT2D eigenvalue weighted by atomic mass is 79.9. The van der Waals surface area contributed by atoms with Crippen molar-refractivity contribution in [2.24, 2.45) is 0 Å². The molecule has 0 bridgehead atoms. The molecule has 2 rings (SSSR count). The molecule has 0 radical (unpaired) electrons. The largest absolute Gasteiger partial charge is 0.490 e. The fourth-order valence-electron chi connectivity index (χ4n) is 1.89. The lowest BCUT2D eigenvalue weighted by atomic mass is 10.2. The van der Waals surface area contributed by atoms with E-state index in [1.54, 1.807) is 6.92 Å². The zero-order valence-corrected chi connectivity index (χ0v) is 14.1. The van der Waals surface area contributed by atoms with Crippen molar-refractivity contribution in [3.8, 4) is 11.5 Å². The molecule has 0 saturated heterocycles. The molecule has 0 amide bonds. The Bertz CT molecular complexity index is 788. The molecular weight excluding hydrogens is 382 g/mol. The first-order valence-corrected chi connectivity index (χ1v) is 7.63. The van der Waals surface area contributed by atoms with Crippen molar-refractivity contribution < 1.29 is 24.0 Å². The summed E-state index contributed by atoms with van der Waals surface area (Å²) in [6.45, 7) is 2.07. The summed E-state index contributed by atoms with van der Waals surface area (Å²) in [5, 5.41) is 10.6. The third-order valence-corrected chi connectivity index (χ3v) is 3.57. The minimum atomic E-state index is -0.703. The molecule has 0 aromatic heterocycles. The summed E-state index contributed by atoms with van der Waals surface area (Å²) in [5.74, 6) is -0.333. The number of nitro benzene ring substituents is 1. The Labute approximate surface area is 145 Å². The monoisotopic (exact) mass is 393 g/mol. The quantitative estimate of drug-likeness (QED) is 0.243. The molecule has 7 nitrogen and oxygen atoms in total. The van der Waals surface area contributed by atoms with Crippen LogP contribution in [0.25, 0.3) is 0 Å². The zero-order valence-electron chi connectivity index (χ0n) is 12.5. The fourth-order valence-corrected chi connectivity index (χ4v) is 2.43. The Kier molecular flexibility index (Phi) is 5.64. The molecule has 0 saturated carbocycles. The fraction of sp³-hybridized carbons (Fsp3) is 0.125. The van der Waals surface area contributed by atoms with E-state index in [1.807, 2.05) is 0 Å². The van der Waals surface area contributed by atoms with Crippen LogP contribution >= 0.6 is 15.9 Å². The summed E-state index contributed by atoms with van der Waals surface area (Å²) in [4.78, 5) is 33.2. The van der Waals surface area contributed by atoms with E-state index < -0.39 is 10.9 Å². The minimum absolute atomic E-state index is 0.127. The number of benzene rings is 2.